The number of methoxy groups -OCH3 is 1. The molecule has 1 rings (SSSR count). The molecule has 1 aliphatic carbocycles. The first-order valence-electron chi connectivity index (χ1n) is 4.85. The molecule has 0 aromatic heterocycles. The summed E-state index contributed by atoms with van der Waals surface area (Å²) in [5.74, 6) is 1.70. The Morgan fingerprint density at radius 1 is 1.46 bits per heavy atom. The molecule has 0 aromatic carbocycles. The third kappa shape index (κ3) is 3.49. The zero-order valence-corrected chi connectivity index (χ0v) is 8.71. The first-order valence-corrected chi connectivity index (χ1v) is 4.85. The molecule has 0 radical (unpaired) electrons. The van der Waals surface area contributed by atoms with E-state index in [9.17, 15) is 0 Å². The van der Waals surface area contributed by atoms with E-state index in [0.717, 1.165) is 18.6 Å². The molecular formula is C12H18O. The van der Waals surface area contributed by atoms with Crippen molar-refractivity contribution in [3.63, 3.8) is 0 Å². The SMILES string of the molecule is COC1=CC(/C=C\C(C)C)=CCC1. The van der Waals surface area contributed by atoms with E-state index >= 15 is 0 Å². The van der Waals surface area contributed by atoms with E-state index < -0.39 is 0 Å². The van der Waals surface area contributed by atoms with Crippen molar-refractivity contribution in [2.45, 2.75) is 26.7 Å². The Bertz CT molecular complexity index is 244. The lowest BCUT2D eigenvalue weighted by Crippen LogP contribution is -1.93. The summed E-state index contributed by atoms with van der Waals surface area (Å²) in [4.78, 5) is 0. The predicted octanol–water partition coefficient (Wildman–Crippen LogP) is 3.45. The molecule has 72 valence electrons. The fourth-order valence-corrected chi connectivity index (χ4v) is 1.28. The summed E-state index contributed by atoms with van der Waals surface area (Å²) < 4.78 is 5.21. The summed E-state index contributed by atoms with van der Waals surface area (Å²) in [5.41, 5.74) is 1.27. The summed E-state index contributed by atoms with van der Waals surface area (Å²) in [7, 11) is 1.74. The molecule has 0 unspecified atom stereocenters. The molecule has 1 nitrogen and oxygen atoms in total. The summed E-state index contributed by atoms with van der Waals surface area (Å²) in [6, 6.07) is 0. The molecule has 0 fully saturated rings. The third-order valence-electron chi connectivity index (χ3n) is 2.03. The van der Waals surface area contributed by atoms with Crippen LogP contribution in [0.1, 0.15) is 26.7 Å². The number of hydrogen-bond donors (Lipinski definition) is 0. The number of hydrogen-bond acceptors (Lipinski definition) is 1. The lowest BCUT2D eigenvalue weighted by Gasteiger charge is -2.10. The predicted molar refractivity (Wildman–Crippen MR) is 56.4 cm³/mol. The third-order valence-corrected chi connectivity index (χ3v) is 2.03. The van der Waals surface area contributed by atoms with Crippen molar-refractivity contribution in [3.8, 4) is 0 Å². The number of allylic oxidation sites excluding steroid dienone is 6. The van der Waals surface area contributed by atoms with Gasteiger partial charge in [0.2, 0.25) is 0 Å². The molecule has 0 bridgehead atoms. The maximum absolute atomic E-state index is 5.21. The van der Waals surface area contributed by atoms with Gasteiger partial charge in [0, 0.05) is 6.42 Å². The molecule has 1 aliphatic rings. The first-order chi connectivity index (χ1) is 6.22. The van der Waals surface area contributed by atoms with E-state index in [1.807, 2.05) is 0 Å². The van der Waals surface area contributed by atoms with Crippen LogP contribution in [0.25, 0.3) is 0 Å². The Morgan fingerprint density at radius 2 is 2.23 bits per heavy atom. The Hall–Kier alpha value is -0.980. The van der Waals surface area contributed by atoms with Crippen LogP contribution in [-0.4, -0.2) is 7.11 Å². The van der Waals surface area contributed by atoms with E-state index in [-0.39, 0.29) is 0 Å². The maximum atomic E-state index is 5.21. The minimum absolute atomic E-state index is 0.613. The molecule has 0 saturated carbocycles. The normalized spacial score (nSPS) is 17.5. The van der Waals surface area contributed by atoms with Crippen LogP contribution in [0.2, 0.25) is 0 Å². The molecule has 0 heterocycles. The van der Waals surface area contributed by atoms with Gasteiger partial charge in [0.05, 0.1) is 12.9 Å². The highest BCUT2D eigenvalue weighted by molar-refractivity contribution is 5.34. The Balaban J connectivity index is 2.61. The maximum Gasteiger partial charge on any atom is 0.0964 e. The van der Waals surface area contributed by atoms with Crippen molar-refractivity contribution in [2.75, 3.05) is 7.11 Å². The molecule has 0 N–H and O–H groups in total. The molecule has 0 saturated heterocycles. The Morgan fingerprint density at radius 3 is 2.85 bits per heavy atom. The van der Waals surface area contributed by atoms with Gasteiger partial charge in [-0.3, -0.25) is 0 Å². The molecule has 0 spiro atoms. The van der Waals surface area contributed by atoms with Gasteiger partial charge >= 0.3 is 0 Å². The zero-order valence-electron chi connectivity index (χ0n) is 8.71. The van der Waals surface area contributed by atoms with Crippen molar-refractivity contribution >= 4 is 0 Å². The van der Waals surface area contributed by atoms with Gasteiger partial charge < -0.3 is 4.74 Å². The van der Waals surface area contributed by atoms with Gasteiger partial charge in [-0.15, -0.1) is 0 Å². The zero-order chi connectivity index (χ0) is 9.68. The van der Waals surface area contributed by atoms with Gasteiger partial charge in [0.1, 0.15) is 0 Å². The summed E-state index contributed by atoms with van der Waals surface area (Å²) in [6.45, 7) is 4.36. The van der Waals surface area contributed by atoms with Crippen molar-refractivity contribution in [3.05, 3.63) is 35.6 Å². The van der Waals surface area contributed by atoms with Crippen LogP contribution >= 0.6 is 0 Å². The average molecular weight is 178 g/mol. The van der Waals surface area contributed by atoms with Crippen LogP contribution in [0, 0.1) is 5.92 Å². The summed E-state index contributed by atoms with van der Waals surface area (Å²) in [6.07, 6.45) is 10.9. The van der Waals surface area contributed by atoms with Crippen molar-refractivity contribution in [1.29, 1.82) is 0 Å². The highest BCUT2D eigenvalue weighted by atomic mass is 16.5. The van der Waals surface area contributed by atoms with Crippen molar-refractivity contribution < 1.29 is 4.74 Å². The Labute approximate surface area is 80.8 Å². The quantitative estimate of drug-likeness (QED) is 0.643. The molecule has 0 aliphatic heterocycles. The Kier molecular flexibility index (Phi) is 3.81. The van der Waals surface area contributed by atoms with Crippen LogP contribution in [0.3, 0.4) is 0 Å². The van der Waals surface area contributed by atoms with Crippen LogP contribution in [0.15, 0.2) is 35.6 Å². The lowest BCUT2D eigenvalue weighted by molar-refractivity contribution is 0.276. The van der Waals surface area contributed by atoms with E-state index in [1.54, 1.807) is 7.11 Å². The topological polar surface area (TPSA) is 9.23 Å². The largest absolute Gasteiger partial charge is 0.501 e. The van der Waals surface area contributed by atoms with Gasteiger partial charge in [-0.2, -0.15) is 0 Å². The van der Waals surface area contributed by atoms with Gasteiger partial charge in [0.25, 0.3) is 0 Å². The molecule has 1 heteroatoms. The minimum atomic E-state index is 0.613. The summed E-state index contributed by atoms with van der Waals surface area (Å²) >= 11 is 0. The van der Waals surface area contributed by atoms with Gasteiger partial charge in [-0.25, -0.2) is 0 Å². The first kappa shape index (κ1) is 10.1. The second-order valence-corrected chi connectivity index (χ2v) is 3.66. The fraction of sp³-hybridized carbons (Fsp3) is 0.500. The standard InChI is InChI=1S/C12H18O/c1-10(2)7-8-11-5-4-6-12(9-11)13-3/h5,7-10H,4,6H2,1-3H3/b8-7-. The van der Waals surface area contributed by atoms with E-state index in [0.29, 0.717) is 5.92 Å². The fourth-order valence-electron chi connectivity index (χ4n) is 1.28. The van der Waals surface area contributed by atoms with Gasteiger partial charge in [-0.1, -0.05) is 32.1 Å². The van der Waals surface area contributed by atoms with Crippen LogP contribution in [-0.2, 0) is 4.74 Å². The second kappa shape index (κ2) is 4.90. The van der Waals surface area contributed by atoms with Crippen LogP contribution in [0.4, 0.5) is 0 Å². The molecular weight excluding hydrogens is 160 g/mol. The smallest absolute Gasteiger partial charge is 0.0964 e. The van der Waals surface area contributed by atoms with E-state index in [2.05, 4.69) is 38.2 Å². The lowest BCUT2D eigenvalue weighted by atomic mass is 10.0. The van der Waals surface area contributed by atoms with Gasteiger partial charge in [-0.05, 0) is 24.0 Å². The second-order valence-electron chi connectivity index (χ2n) is 3.66. The molecule has 0 aromatic rings. The van der Waals surface area contributed by atoms with E-state index in [4.69, 9.17) is 4.74 Å². The van der Waals surface area contributed by atoms with E-state index in [1.165, 1.54) is 5.57 Å². The molecule has 0 atom stereocenters. The molecule has 13 heavy (non-hydrogen) atoms. The highest BCUT2D eigenvalue weighted by Gasteiger charge is 2.02. The molecule has 0 amide bonds. The van der Waals surface area contributed by atoms with Crippen molar-refractivity contribution in [2.24, 2.45) is 5.92 Å². The van der Waals surface area contributed by atoms with Gasteiger partial charge in [0.15, 0.2) is 0 Å². The number of ether oxygens (including phenoxy) is 1. The van der Waals surface area contributed by atoms with Crippen molar-refractivity contribution in [1.82, 2.24) is 0 Å². The monoisotopic (exact) mass is 178 g/mol. The highest BCUT2D eigenvalue weighted by Crippen LogP contribution is 2.18. The minimum Gasteiger partial charge on any atom is -0.501 e. The average Bonchev–Trinajstić information content (AvgIpc) is 2.15. The van der Waals surface area contributed by atoms with Crippen LogP contribution in [0.5, 0.6) is 0 Å². The van der Waals surface area contributed by atoms with Crippen LogP contribution < -0.4 is 0 Å². The summed E-state index contributed by atoms with van der Waals surface area (Å²) in [5, 5.41) is 0. The number of rotatable bonds is 3.